The van der Waals surface area contributed by atoms with Crippen LogP contribution >= 0.6 is 0 Å². The SMILES string of the molecule is [2H]N1C(C2CCCC2)[C@H](C)N(c2ccccc2C)C1C(C)(C)C. The van der Waals surface area contributed by atoms with Crippen LogP contribution in [0.25, 0.3) is 0 Å². The Balaban J connectivity index is 2.02. The first-order valence-electron chi connectivity index (χ1n) is 9.38. The molecular formula is C20H32N2. The summed E-state index contributed by atoms with van der Waals surface area (Å²) >= 11 is 0. The fourth-order valence-electron chi connectivity index (χ4n) is 4.41. The number of benzene rings is 1. The molecule has 0 amide bonds. The van der Waals surface area contributed by atoms with E-state index in [0.717, 1.165) is 0 Å². The topological polar surface area (TPSA) is 15.3 Å². The summed E-state index contributed by atoms with van der Waals surface area (Å²) < 4.78 is 8.94. The molecule has 1 aromatic rings. The second kappa shape index (κ2) is 5.88. The molecule has 2 heteroatoms. The minimum atomic E-state index is 0.0473. The Kier molecular flexibility index (Phi) is 3.89. The average Bonchev–Trinajstić information content (AvgIpc) is 3.05. The van der Waals surface area contributed by atoms with E-state index in [4.69, 9.17) is 1.41 Å². The van der Waals surface area contributed by atoms with Crippen molar-refractivity contribution < 1.29 is 1.41 Å². The second-order valence-corrected chi connectivity index (χ2v) is 8.36. The molecule has 1 saturated carbocycles. The van der Waals surface area contributed by atoms with E-state index in [9.17, 15) is 0 Å². The maximum atomic E-state index is 8.94. The molecular weight excluding hydrogens is 268 g/mol. The molecule has 2 fully saturated rings. The molecule has 3 rings (SSSR count). The number of nitrogens with zero attached hydrogens (tertiary/aromatic N) is 1. The van der Waals surface area contributed by atoms with E-state index in [2.05, 4.69) is 63.8 Å². The molecule has 2 unspecified atom stereocenters. The number of hydrogen-bond donors (Lipinski definition) is 1. The fourth-order valence-corrected chi connectivity index (χ4v) is 4.41. The number of aryl methyl sites for hydroxylation is 1. The molecule has 1 N–H and O–H groups in total. The zero-order chi connectivity index (χ0) is 16.8. The molecule has 1 saturated heterocycles. The molecule has 2 nitrogen and oxygen atoms in total. The van der Waals surface area contributed by atoms with Gasteiger partial charge in [0.05, 0.1) is 6.17 Å². The average molecular weight is 301 g/mol. The van der Waals surface area contributed by atoms with Crippen molar-refractivity contribution in [2.45, 2.75) is 78.6 Å². The smallest absolute Gasteiger partial charge is 0.125 e. The third-order valence-electron chi connectivity index (χ3n) is 5.56. The summed E-state index contributed by atoms with van der Waals surface area (Å²) in [4.78, 5) is 2.53. The van der Waals surface area contributed by atoms with E-state index in [0.29, 0.717) is 18.0 Å². The van der Waals surface area contributed by atoms with Crippen LogP contribution in [0.1, 0.15) is 58.9 Å². The number of anilines is 1. The predicted molar refractivity (Wildman–Crippen MR) is 95.2 cm³/mol. The van der Waals surface area contributed by atoms with Gasteiger partial charge in [0.2, 0.25) is 0 Å². The molecule has 1 aliphatic heterocycles. The lowest BCUT2D eigenvalue weighted by Gasteiger charge is -2.38. The van der Waals surface area contributed by atoms with Gasteiger partial charge in [0.15, 0.2) is 0 Å². The van der Waals surface area contributed by atoms with Gasteiger partial charge in [-0.15, -0.1) is 0 Å². The largest absolute Gasteiger partial charge is 0.351 e. The van der Waals surface area contributed by atoms with Gasteiger partial charge < -0.3 is 4.90 Å². The number of nitrogens with one attached hydrogen (secondary N) is 1. The minimum absolute atomic E-state index is 0.0473. The molecule has 3 atom stereocenters. The van der Waals surface area contributed by atoms with E-state index in [1.54, 1.807) is 0 Å². The van der Waals surface area contributed by atoms with Crippen molar-refractivity contribution in [3.05, 3.63) is 29.8 Å². The lowest BCUT2D eigenvalue weighted by atomic mass is 9.91. The van der Waals surface area contributed by atoms with Crippen LogP contribution in [0.2, 0.25) is 1.41 Å². The van der Waals surface area contributed by atoms with Crippen LogP contribution in [0.15, 0.2) is 24.3 Å². The van der Waals surface area contributed by atoms with Crippen LogP contribution in [-0.4, -0.2) is 18.2 Å². The Morgan fingerprint density at radius 1 is 1.18 bits per heavy atom. The van der Waals surface area contributed by atoms with Crippen LogP contribution in [0.4, 0.5) is 5.69 Å². The molecule has 22 heavy (non-hydrogen) atoms. The van der Waals surface area contributed by atoms with Crippen LogP contribution in [0.5, 0.6) is 0 Å². The number of hydrogen-bond acceptors (Lipinski definition) is 2. The maximum absolute atomic E-state index is 8.94. The summed E-state index contributed by atoms with van der Waals surface area (Å²) in [5.41, 5.74) is 2.66. The molecule has 1 aromatic carbocycles. The highest BCUT2D eigenvalue weighted by Crippen LogP contribution is 2.40. The zero-order valence-corrected chi connectivity index (χ0v) is 14.8. The third kappa shape index (κ3) is 2.78. The van der Waals surface area contributed by atoms with Gasteiger partial charge in [-0.2, -0.15) is 0 Å². The molecule has 0 radical (unpaired) electrons. The van der Waals surface area contributed by atoms with Crippen LogP contribution < -0.4 is 10.2 Å². The quantitative estimate of drug-likeness (QED) is 0.850. The zero-order valence-electron chi connectivity index (χ0n) is 15.8. The van der Waals surface area contributed by atoms with Crippen LogP contribution in [0, 0.1) is 18.3 Å². The van der Waals surface area contributed by atoms with Crippen LogP contribution in [-0.2, 0) is 0 Å². The monoisotopic (exact) mass is 301 g/mol. The van der Waals surface area contributed by atoms with E-state index in [-0.39, 0.29) is 11.6 Å². The molecule has 122 valence electrons. The van der Waals surface area contributed by atoms with Gasteiger partial charge in [0.1, 0.15) is 1.41 Å². The summed E-state index contributed by atoms with van der Waals surface area (Å²) in [5.74, 6) is 0.682. The highest BCUT2D eigenvalue weighted by molar-refractivity contribution is 5.56. The molecule has 1 aliphatic carbocycles. The van der Waals surface area contributed by atoms with Crippen molar-refractivity contribution in [3.63, 3.8) is 0 Å². The fraction of sp³-hybridized carbons (Fsp3) is 0.700. The lowest BCUT2D eigenvalue weighted by molar-refractivity contribution is 0.271. The first kappa shape index (κ1) is 14.6. The summed E-state index contributed by atoms with van der Waals surface area (Å²) in [6, 6.07) is 9.40. The van der Waals surface area contributed by atoms with E-state index < -0.39 is 0 Å². The van der Waals surface area contributed by atoms with Gasteiger partial charge in [-0.25, -0.2) is 0 Å². The Morgan fingerprint density at radius 2 is 1.82 bits per heavy atom. The first-order chi connectivity index (χ1) is 10.8. The maximum Gasteiger partial charge on any atom is 0.125 e. The second-order valence-electron chi connectivity index (χ2n) is 8.36. The van der Waals surface area contributed by atoms with Gasteiger partial charge in [0.25, 0.3) is 0 Å². The van der Waals surface area contributed by atoms with Crippen molar-refractivity contribution in [2.24, 2.45) is 11.3 Å². The van der Waals surface area contributed by atoms with Crippen molar-refractivity contribution in [1.29, 1.82) is 0 Å². The molecule has 2 aliphatic rings. The Bertz CT molecular complexity index is 545. The van der Waals surface area contributed by atoms with Gasteiger partial charge in [0, 0.05) is 17.8 Å². The van der Waals surface area contributed by atoms with Gasteiger partial charge in [-0.3, -0.25) is 5.31 Å². The molecule has 1 heterocycles. The van der Waals surface area contributed by atoms with E-state index in [1.807, 2.05) is 5.31 Å². The molecule has 0 aromatic heterocycles. The van der Waals surface area contributed by atoms with E-state index in [1.165, 1.54) is 36.9 Å². The molecule has 0 bridgehead atoms. The van der Waals surface area contributed by atoms with Crippen LogP contribution in [0.3, 0.4) is 0 Å². The summed E-state index contributed by atoms with van der Waals surface area (Å²) in [6.07, 6.45) is 5.40. The highest BCUT2D eigenvalue weighted by atomic mass is 15.4. The Labute approximate surface area is 137 Å². The highest BCUT2D eigenvalue weighted by Gasteiger charge is 2.46. The Morgan fingerprint density at radius 3 is 2.41 bits per heavy atom. The number of rotatable bonds is 2. The predicted octanol–water partition coefficient (Wildman–Crippen LogP) is 4.72. The van der Waals surface area contributed by atoms with Crippen molar-refractivity contribution in [2.75, 3.05) is 4.90 Å². The summed E-state index contributed by atoms with van der Waals surface area (Å²) in [5, 5.41) is 1.95. The summed E-state index contributed by atoms with van der Waals surface area (Å²) in [7, 11) is 0. The third-order valence-corrected chi connectivity index (χ3v) is 5.56. The number of para-hydroxylation sites is 1. The summed E-state index contributed by atoms with van der Waals surface area (Å²) in [6.45, 7) is 11.3. The van der Waals surface area contributed by atoms with E-state index >= 15 is 0 Å². The van der Waals surface area contributed by atoms with Gasteiger partial charge in [-0.05, 0) is 49.7 Å². The van der Waals surface area contributed by atoms with Crippen molar-refractivity contribution in [1.82, 2.24) is 5.31 Å². The lowest BCUT2D eigenvalue weighted by Crippen LogP contribution is -2.47. The minimum Gasteiger partial charge on any atom is -0.351 e. The van der Waals surface area contributed by atoms with Crippen molar-refractivity contribution in [3.8, 4) is 0 Å². The van der Waals surface area contributed by atoms with Gasteiger partial charge in [-0.1, -0.05) is 51.8 Å². The first-order valence-corrected chi connectivity index (χ1v) is 8.93. The normalized spacial score (nSPS) is 31.8. The van der Waals surface area contributed by atoms with Gasteiger partial charge >= 0.3 is 0 Å². The standard InChI is InChI=1S/C20H32N2/c1-14-10-6-9-13-17(14)22-15(2)18(16-11-7-8-12-16)21-19(22)20(3,4)5/h6,9-10,13,15-16,18-19,21H,7-8,11-12H2,1-5H3/t15-,18?,19?/m0/s1/i/hD. The Hall–Kier alpha value is -1.02. The molecule has 0 spiro atoms. The van der Waals surface area contributed by atoms with Crippen molar-refractivity contribution >= 4 is 5.69 Å².